The summed E-state index contributed by atoms with van der Waals surface area (Å²) < 4.78 is 8.75. The Kier molecular flexibility index (Phi) is 5.64. The molecule has 0 saturated carbocycles. The third-order valence-corrected chi connectivity index (χ3v) is 5.49. The Hall–Kier alpha value is -3.09. The smallest absolute Gasteiger partial charge is 0.267 e. The summed E-state index contributed by atoms with van der Waals surface area (Å²) >= 11 is 0. The molecular weight excluding hydrogens is 368 g/mol. The van der Waals surface area contributed by atoms with E-state index in [1.807, 2.05) is 30.5 Å². The fraction of sp³-hybridized carbons (Fsp3) is 0.409. The second-order valence-corrected chi connectivity index (χ2v) is 7.42. The minimum Gasteiger partial charge on any atom is -0.496 e. The topological polar surface area (TPSA) is 78.2 Å². The summed E-state index contributed by atoms with van der Waals surface area (Å²) in [5, 5.41) is 8.39. The monoisotopic (exact) mass is 394 g/mol. The maximum Gasteiger partial charge on any atom is 0.267 e. The Labute approximate surface area is 169 Å². The number of carbonyl (C=O) groups is 1. The number of nitrogens with one attached hydrogen (secondary N) is 1. The van der Waals surface area contributed by atoms with Crippen molar-refractivity contribution in [3.8, 4) is 5.75 Å². The van der Waals surface area contributed by atoms with Gasteiger partial charge >= 0.3 is 0 Å². The summed E-state index contributed by atoms with van der Waals surface area (Å²) in [5.41, 5.74) is 2.85. The zero-order chi connectivity index (χ0) is 20.2. The average molecular weight is 394 g/mol. The molecule has 0 fully saturated rings. The number of aromatic nitrogens is 3. The van der Waals surface area contributed by atoms with Gasteiger partial charge in [0.05, 0.1) is 18.3 Å². The highest BCUT2D eigenvalue weighted by atomic mass is 16.5. The van der Waals surface area contributed by atoms with E-state index in [0.29, 0.717) is 13.1 Å². The Morgan fingerprint density at radius 1 is 1.21 bits per heavy atom. The molecule has 0 radical (unpaired) electrons. The van der Waals surface area contributed by atoms with Gasteiger partial charge in [0, 0.05) is 30.7 Å². The molecule has 29 heavy (non-hydrogen) atoms. The molecule has 0 unspecified atom stereocenters. The van der Waals surface area contributed by atoms with E-state index in [4.69, 9.17) is 4.74 Å². The highest BCUT2D eigenvalue weighted by Gasteiger charge is 2.14. The van der Waals surface area contributed by atoms with E-state index in [1.54, 1.807) is 13.2 Å². The molecule has 152 valence electrons. The van der Waals surface area contributed by atoms with Gasteiger partial charge in [-0.05, 0) is 49.4 Å². The van der Waals surface area contributed by atoms with Crippen molar-refractivity contribution in [2.24, 2.45) is 0 Å². The van der Waals surface area contributed by atoms with Crippen LogP contribution in [0, 0.1) is 0 Å². The van der Waals surface area contributed by atoms with Gasteiger partial charge in [-0.1, -0.05) is 12.5 Å². The van der Waals surface area contributed by atoms with Crippen LogP contribution in [0.25, 0.3) is 10.9 Å². The van der Waals surface area contributed by atoms with Crippen molar-refractivity contribution in [1.29, 1.82) is 0 Å². The standard InChI is InChI=1S/C22H26N4O3/c1-29-20-9-5-8-19-17(20)10-12-25(19)13-11-23-21(27)15-26-22(28)14-16-6-3-2-4-7-18(16)24-26/h5,8-10,12,14H,2-4,6-7,11,13,15H2,1H3,(H,23,27). The first-order valence-corrected chi connectivity index (χ1v) is 10.1. The number of aryl methyl sites for hydroxylation is 2. The third kappa shape index (κ3) is 4.18. The Morgan fingerprint density at radius 2 is 2.07 bits per heavy atom. The van der Waals surface area contributed by atoms with Crippen LogP contribution < -0.4 is 15.6 Å². The predicted octanol–water partition coefficient (Wildman–Crippen LogP) is 2.29. The third-order valence-electron chi connectivity index (χ3n) is 5.49. The molecule has 4 rings (SSSR count). The molecule has 0 aliphatic heterocycles. The van der Waals surface area contributed by atoms with E-state index in [-0.39, 0.29) is 18.0 Å². The molecule has 1 amide bonds. The minimum absolute atomic E-state index is 0.0492. The summed E-state index contributed by atoms with van der Waals surface area (Å²) in [5.74, 6) is 0.626. The number of hydrogen-bond donors (Lipinski definition) is 1. The van der Waals surface area contributed by atoms with Gasteiger partial charge in [0.2, 0.25) is 5.91 Å². The van der Waals surface area contributed by atoms with Crippen LogP contribution >= 0.6 is 0 Å². The van der Waals surface area contributed by atoms with Crippen molar-refractivity contribution >= 4 is 16.8 Å². The predicted molar refractivity (Wildman–Crippen MR) is 111 cm³/mol. The Morgan fingerprint density at radius 3 is 2.93 bits per heavy atom. The maximum absolute atomic E-state index is 12.4. The van der Waals surface area contributed by atoms with Crippen LogP contribution in [0.3, 0.4) is 0 Å². The summed E-state index contributed by atoms with van der Waals surface area (Å²) in [6.07, 6.45) is 7.10. The van der Waals surface area contributed by atoms with Crippen molar-refractivity contribution in [2.75, 3.05) is 13.7 Å². The summed E-state index contributed by atoms with van der Waals surface area (Å²) in [4.78, 5) is 24.7. The normalized spacial score (nSPS) is 13.7. The van der Waals surface area contributed by atoms with Crippen LogP contribution in [-0.4, -0.2) is 33.9 Å². The van der Waals surface area contributed by atoms with Crippen molar-refractivity contribution < 1.29 is 9.53 Å². The van der Waals surface area contributed by atoms with Gasteiger partial charge in [-0.2, -0.15) is 5.10 Å². The minimum atomic E-state index is -0.206. The number of methoxy groups -OCH3 is 1. The van der Waals surface area contributed by atoms with E-state index in [1.165, 1.54) is 4.68 Å². The van der Waals surface area contributed by atoms with Crippen molar-refractivity contribution in [2.45, 2.75) is 45.2 Å². The lowest BCUT2D eigenvalue weighted by Crippen LogP contribution is -2.35. The first kappa shape index (κ1) is 19.2. The number of amides is 1. The Bertz CT molecular complexity index is 1080. The van der Waals surface area contributed by atoms with Crippen LogP contribution in [0.2, 0.25) is 0 Å². The lowest BCUT2D eigenvalue weighted by molar-refractivity contribution is -0.121. The largest absolute Gasteiger partial charge is 0.496 e. The molecule has 1 aromatic carbocycles. The van der Waals surface area contributed by atoms with E-state index in [9.17, 15) is 9.59 Å². The van der Waals surface area contributed by atoms with Gasteiger partial charge in [0.15, 0.2) is 0 Å². The van der Waals surface area contributed by atoms with Crippen LogP contribution in [-0.2, 0) is 30.7 Å². The van der Waals surface area contributed by atoms with E-state index in [2.05, 4.69) is 15.0 Å². The fourth-order valence-corrected chi connectivity index (χ4v) is 3.97. The van der Waals surface area contributed by atoms with Gasteiger partial charge in [-0.25, -0.2) is 4.68 Å². The summed E-state index contributed by atoms with van der Waals surface area (Å²) in [6, 6.07) is 9.57. The number of rotatable bonds is 6. The highest BCUT2D eigenvalue weighted by Crippen LogP contribution is 2.26. The van der Waals surface area contributed by atoms with E-state index in [0.717, 1.165) is 60.0 Å². The first-order chi connectivity index (χ1) is 14.2. The molecule has 1 N–H and O–H groups in total. The van der Waals surface area contributed by atoms with Crippen LogP contribution in [0.1, 0.15) is 30.5 Å². The first-order valence-electron chi connectivity index (χ1n) is 10.1. The lowest BCUT2D eigenvalue weighted by atomic mass is 10.1. The molecule has 0 bridgehead atoms. The molecule has 7 heteroatoms. The molecule has 2 heterocycles. The molecule has 0 saturated heterocycles. The van der Waals surface area contributed by atoms with Gasteiger partial charge < -0.3 is 14.6 Å². The number of fused-ring (bicyclic) bond motifs is 2. The molecule has 1 aliphatic rings. The van der Waals surface area contributed by atoms with Gasteiger partial charge in [-0.3, -0.25) is 9.59 Å². The number of benzene rings is 1. The summed E-state index contributed by atoms with van der Waals surface area (Å²) in [7, 11) is 1.66. The number of nitrogens with zero attached hydrogens (tertiary/aromatic N) is 3. The highest BCUT2D eigenvalue weighted by molar-refractivity contribution is 5.86. The van der Waals surface area contributed by atoms with Crippen LogP contribution in [0.15, 0.2) is 41.3 Å². The zero-order valence-electron chi connectivity index (χ0n) is 16.7. The maximum atomic E-state index is 12.4. The number of carbonyl (C=O) groups excluding carboxylic acids is 1. The average Bonchev–Trinajstić information content (AvgIpc) is 3.00. The second kappa shape index (κ2) is 8.51. The zero-order valence-corrected chi connectivity index (χ0v) is 16.7. The van der Waals surface area contributed by atoms with Crippen molar-refractivity contribution in [3.05, 3.63) is 58.1 Å². The number of ether oxygens (including phenoxy) is 1. The SMILES string of the molecule is COc1cccc2c1ccn2CCNC(=O)Cn1nc2c(cc1=O)CCCCC2. The van der Waals surface area contributed by atoms with Crippen molar-refractivity contribution in [3.63, 3.8) is 0 Å². The lowest BCUT2D eigenvalue weighted by Gasteiger charge is -2.11. The fourth-order valence-electron chi connectivity index (χ4n) is 3.97. The van der Waals surface area contributed by atoms with Gasteiger partial charge in [0.25, 0.3) is 5.56 Å². The van der Waals surface area contributed by atoms with Crippen LogP contribution in [0.4, 0.5) is 0 Å². The molecule has 0 spiro atoms. The summed E-state index contributed by atoms with van der Waals surface area (Å²) in [6.45, 7) is 1.06. The molecule has 0 atom stereocenters. The molecule has 2 aromatic heterocycles. The van der Waals surface area contributed by atoms with Gasteiger partial charge in [0.1, 0.15) is 12.3 Å². The molecule has 1 aliphatic carbocycles. The molecule has 3 aromatic rings. The van der Waals surface area contributed by atoms with Crippen molar-refractivity contribution in [1.82, 2.24) is 19.7 Å². The van der Waals surface area contributed by atoms with Crippen LogP contribution in [0.5, 0.6) is 5.75 Å². The second-order valence-electron chi connectivity index (χ2n) is 7.42. The van der Waals surface area contributed by atoms with E-state index >= 15 is 0 Å². The Balaban J connectivity index is 1.37. The quantitative estimate of drug-likeness (QED) is 0.651. The molecular formula is C22H26N4O3. The van der Waals surface area contributed by atoms with Gasteiger partial charge in [-0.15, -0.1) is 0 Å². The van der Waals surface area contributed by atoms with E-state index < -0.39 is 0 Å². The molecule has 7 nitrogen and oxygen atoms in total. The number of hydrogen-bond acceptors (Lipinski definition) is 4.